The van der Waals surface area contributed by atoms with Gasteiger partial charge in [-0.2, -0.15) is 0 Å². The normalized spacial score (nSPS) is 13.1. The zero-order valence-electron chi connectivity index (χ0n) is 9.80. The molecule has 0 aliphatic heterocycles. The molecule has 0 amide bonds. The van der Waals surface area contributed by atoms with E-state index in [2.05, 4.69) is 18.2 Å². The van der Waals surface area contributed by atoms with Crippen molar-refractivity contribution in [3.8, 4) is 11.1 Å². The second kappa shape index (κ2) is 4.81. The Kier molecular flexibility index (Phi) is 3.28. The van der Waals surface area contributed by atoms with Gasteiger partial charge in [-0.05, 0) is 0 Å². The summed E-state index contributed by atoms with van der Waals surface area (Å²) in [7, 11) is -3.27. The van der Waals surface area contributed by atoms with Crippen molar-refractivity contribution < 1.29 is 19.9 Å². The molecule has 0 N–H and O–H groups in total. The van der Waals surface area contributed by atoms with Crippen LogP contribution in [-0.2, 0) is 26.4 Å². The van der Waals surface area contributed by atoms with E-state index in [0.717, 1.165) is 21.7 Å². The summed E-state index contributed by atoms with van der Waals surface area (Å²) >= 11 is 1.98. The Morgan fingerprint density at radius 2 is 1.63 bits per heavy atom. The third kappa shape index (κ3) is 1.96. The average molecular weight is 449 g/mol. The van der Waals surface area contributed by atoms with Gasteiger partial charge in [0.05, 0.1) is 0 Å². The third-order valence-corrected chi connectivity index (χ3v) is 10.6. The first-order valence-electron chi connectivity index (χ1n) is 5.60. The predicted octanol–water partition coefficient (Wildman–Crippen LogP) is 2.52. The molecule has 3 rings (SSSR count). The molecule has 0 radical (unpaired) electrons. The summed E-state index contributed by atoms with van der Waals surface area (Å²) in [6, 6.07) is 14.1. The maximum absolute atomic E-state index is 11.2. The van der Waals surface area contributed by atoms with Gasteiger partial charge in [-0.3, -0.25) is 0 Å². The van der Waals surface area contributed by atoms with Crippen LogP contribution in [0.5, 0.6) is 0 Å². The third-order valence-electron chi connectivity index (χ3n) is 3.24. The van der Waals surface area contributed by atoms with Crippen LogP contribution in [0.15, 0.2) is 42.5 Å². The Balaban J connectivity index is 2.38. The monoisotopic (exact) mass is 450 g/mol. The fourth-order valence-electron chi connectivity index (χ4n) is 2.43. The van der Waals surface area contributed by atoms with Gasteiger partial charge in [0.25, 0.3) is 0 Å². The SMILES string of the molecule is O=[C]=[Ru]([I])(=[C]=O)[c]1cccc2c1Cc1ccccc1-2. The summed E-state index contributed by atoms with van der Waals surface area (Å²) in [6.45, 7) is 0. The fourth-order valence-corrected chi connectivity index (χ4v) is 6.68. The van der Waals surface area contributed by atoms with E-state index in [4.69, 9.17) is 0 Å². The van der Waals surface area contributed by atoms with Crippen LogP contribution >= 0.6 is 19.8 Å². The number of carbonyl (C=O) groups excluding carboxylic acids is 2. The molecule has 0 atom stereocenters. The Morgan fingerprint density at radius 3 is 2.37 bits per heavy atom. The van der Waals surface area contributed by atoms with Crippen LogP contribution in [0.4, 0.5) is 0 Å². The van der Waals surface area contributed by atoms with Crippen molar-refractivity contribution in [2.75, 3.05) is 0 Å². The summed E-state index contributed by atoms with van der Waals surface area (Å²) in [6.07, 6.45) is 0.788. The fraction of sp³-hybridized carbons (Fsp3) is 0.0667. The molecule has 19 heavy (non-hydrogen) atoms. The van der Waals surface area contributed by atoms with Gasteiger partial charge in [0, 0.05) is 0 Å². The maximum atomic E-state index is 11.2. The number of rotatable bonds is 1. The number of hydrogen-bond acceptors (Lipinski definition) is 2. The molecule has 2 aromatic rings. The first-order chi connectivity index (χ1) is 9.19. The summed E-state index contributed by atoms with van der Waals surface area (Å²) in [5.41, 5.74) is 4.70. The van der Waals surface area contributed by atoms with Crippen LogP contribution in [0, 0.1) is 0 Å². The molecule has 96 valence electrons. The molecule has 0 spiro atoms. The summed E-state index contributed by atoms with van der Waals surface area (Å²) in [4.78, 5) is 22.4. The van der Waals surface area contributed by atoms with Crippen LogP contribution in [0.2, 0.25) is 0 Å². The van der Waals surface area contributed by atoms with Crippen LogP contribution in [0.3, 0.4) is 0 Å². The number of benzene rings is 2. The standard InChI is InChI=1S/C13H9.2CO.HI.Ru/c1-3-7-12-10(5-1)9-11-6-2-4-8-13(11)12;2*1-2;;/h1-5,7-8H,9H2;;;1H;/q;;;;+1/p-1. The van der Waals surface area contributed by atoms with Crippen molar-refractivity contribution in [1.29, 1.82) is 0 Å². The molecule has 2 nitrogen and oxygen atoms in total. The second-order valence-electron chi connectivity index (χ2n) is 4.20. The molecule has 0 saturated carbocycles. The van der Waals surface area contributed by atoms with Gasteiger partial charge in [0.15, 0.2) is 0 Å². The summed E-state index contributed by atoms with van der Waals surface area (Å²) in [5, 5.41) is 0. The number of fused-ring (bicyclic) bond motifs is 3. The Hall–Kier alpha value is -1.05. The van der Waals surface area contributed by atoms with E-state index in [0.29, 0.717) is 0 Å². The average Bonchev–Trinajstić information content (AvgIpc) is 2.85. The van der Waals surface area contributed by atoms with Gasteiger partial charge in [0.1, 0.15) is 0 Å². The molecule has 2 aromatic carbocycles. The molecule has 4 heteroatoms. The van der Waals surface area contributed by atoms with Crippen LogP contribution in [0.25, 0.3) is 11.1 Å². The van der Waals surface area contributed by atoms with E-state index < -0.39 is 10.4 Å². The van der Waals surface area contributed by atoms with E-state index in [1.54, 1.807) is 0 Å². The summed E-state index contributed by atoms with van der Waals surface area (Å²) in [5.74, 6) is 0. The summed E-state index contributed by atoms with van der Waals surface area (Å²) < 4.78 is 4.84. The number of halogens is 1. The molecule has 0 bridgehead atoms. The van der Waals surface area contributed by atoms with E-state index >= 15 is 0 Å². The van der Waals surface area contributed by atoms with Crippen molar-refractivity contribution in [3.05, 3.63) is 53.6 Å². The van der Waals surface area contributed by atoms with Gasteiger partial charge < -0.3 is 0 Å². The second-order valence-corrected chi connectivity index (χ2v) is 14.9. The van der Waals surface area contributed by atoms with Crippen molar-refractivity contribution in [1.82, 2.24) is 0 Å². The molecular weight excluding hydrogens is 440 g/mol. The first-order valence-corrected chi connectivity index (χ1v) is 13.4. The number of hydrogen-bond donors (Lipinski definition) is 0. The molecular formula is C15H9IO2Ru. The minimum absolute atomic E-state index is 0.788. The minimum atomic E-state index is -3.27. The first kappa shape index (κ1) is 13.0. The molecule has 0 saturated heterocycles. The predicted molar refractivity (Wildman–Crippen MR) is 79.7 cm³/mol. The van der Waals surface area contributed by atoms with Crippen molar-refractivity contribution in [3.63, 3.8) is 0 Å². The molecule has 0 aromatic heterocycles. The van der Waals surface area contributed by atoms with Gasteiger partial charge in [0.2, 0.25) is 0 Å². The van der Waals surface area contributed by atoms with E-state index in [1.165, 1.54) is 11.1 Å². The van der Waals surface area contributed by atoms with E-state index in [1.807, 2.05) is 53.0 Å². The van der Waals surface area contributed by atoms with Crippen molar-refractivity contribution >= 4 is 32.9 Å². The molecule has 0 heterocycles. The zero-order chi connectivity index (χ0) is 13.5. The quantitative estimate of drug-likeness (QED) is 0.423. The van der Waals surface area contributed by atoms with Gasteiger partial charge in [-0.15, -0.1) is 0 Å². The van der Waals surface area contributed by atoms with Gasteiger partial charge >= 0.3 is 124 Å². The molecule has 1 aliphatic rings. The molecule has 0 fully saturated rings. The van der Waals surface area contributed by atoms with Crippen LogP contribution in [-0.4, -0.2) is 8.95 Å². The van der Waals surface area contributed by atoms with E-state index in [9.17, 15) is 9.59 Å². The molecule has 1 aliphatic carbocycles. The van der Waals surface area contributed by atoms with Crippen molar-refractivity contribution in [2.24, 2.45) is 0 Å². The Morgan fingerprint density at radius 1 is 0.947 bits per heavy atom. The van der Waals surface area contributed by atoms with Crippen LogP contribution < -0.4 is 4.16 Å². The zero-order valence-corrected chi connectivity index (χ0v) is 13.7. The van der Waals surface area contributed by atoms with E-state index in [-0.39, 0.29) is 0 Å². The van der Waals surface area contributed by atoms with Gasteiger partial charge in [-0.25, -0.2) is 0 Å². The van der Waals surface area contributed by atoms with Crippen molar-refractivity contribution in [2.45, 2.75) is 6.42 Å². The Bertz CT molecular complexity index is 830. The molecule has 0 unspecified atom stereocenters. The van der Waals surface area contributed by atoms with Crippen LogP contribution in [0.1, 0.15) is 11.1 Å². The topological polar surface area (TPSA) is 34.1 Å². The van der Waals surface area contributed by atoms with Gasteiger partial charge in [-0.1, -0.05) is 0 Å². The Labute approximate surface area is 123 Å².